The van der Waals surface area contributed by atoms with Gasteiger partial charge in [-0.05, 0) is 13.3 Å². The minimum absolute atomic E-state index is 0.0289. The standard InChI is InChI=1S/C14H21N3O4/c1-3-16-9-10(8-15-16)13-11(14(19)20)4-5-12(18)17(13)6-7-21-2/h8-9,11,13H,3-7H2,1-2H3,(H,19,20). The maximum atomic E-state index is 12.2. The third-order valence-electron chi connectivity index (χ3n) is 3.88. The summed E-state index contributed by atoms with van der Waals surface area (Å²) >= 11 is 0. The molecule has 1 aromatic rings. The number of hydrogen-bond donors (Lipinski definition) is 1. The molecule has 0 saturated carbocycles. The minimum atomic E-state index is -0.876. The summed E-state index contributed by atoms with van der Waals surface area (Å²) in [4.78, 5) is 25.3. The summed E-state index contributed by atoms with van der Waals surface area (Å²) in [5, 5.41) is 13.7. The van der Waals surface area contributed by atoms with Gasteiger partial charge in [0.05, 0.1) is 24.8 Å². The lowest BCUT2D eigenvalue weighted by Crippen LogP contribution is -2.46. The lowest BCUT2D eigenvalue weighted by atomic mass is 9.85. The number of carbonyl (C=O) groups excluding carboxylic acids is 1. The zero-order chi connectivity index (χ0) is 15.4. The number of nitrogens with zero attached hydrogens (tertiary/aromatic N) is 3. The molecule has 7 nitrogen and oxygen atoms in total. The number of carboxylic acid groups (broad SMARTS) is 1. The van der Waals surface area contributed by atoms with E-state index in [1.54, 1.807) is 22.9 Å². The summed E-state index contributed by atoms with van der Waals surface area (Å²) in [6.45, 7) is 3.44. The number of aromatic nitrogens is 2. The molecule has 1 amide bonds. The first-order valence-corrected chi connectivity index (χ1v) is 7.12. The van der Waals surface area contributed by atoms with E-state index in [2.05, 4.69) is 5.10 Å². The number of likely N-dealkylation sites (tertiary alicyclic amines) is 1. The molecule has 116 valence electrons. The Kier molecular flexibility index (Phi) is 4.95. The average molecular weight is 295 g/mol. The van der Waals surface area contributed by atoms with E-state index in [1.165, 1.54) is 0 Å². The van der Waals surface area contributed by atoms with E-state index in [0.717, 1.165) is 5.56 Å². The highest BCUT2D eigenvalue weighted by molar-refractivity contribution is 5.81. The maximum Gasteiger partial charge on any atom is 0.308 e. The monoisotopic (exact) mass is 295 g/mol. The Balaban J connectivity index is 2.33. The third-order valence-corrected chi connectivity index (χ3v) is 3.88. The highest BCUT2D eigenvalue weighted by Gasteiger charge is 2.41. The first-order valence-electron chi connectivity index (χ1n) is 7.12. The zero-order valence-corrected chi connectivity index (χ0v) is 12.4. The SMILES string of the molecule is CCn1cc(C2C(C(=O)O)CCC(=O)N2CCOC)cn1. The van der Waals surface area contributed by atoms with Crippen LogP contribution in [0.5, 0.6) is 0 Å². The van der Waals surface area contributed by atoms with E-state index >= 15 is 0 Å². The van der Waals surface area contributed by atoms with Crippen molar-refractivity contribution >= 4 is 11.9 Å². The van der Waals surface area contributed by atoms with Crippen LogP contribution in [0.4, 0.5) is 0 Å². The number of carbonyl (C=O) groups is 2. The van der Waals surface area contributed by atoms with Crippen LogP contribution in [0, 0.1) is 5.92 Å². The molecule has 21 heavy (non-hydrogen) atoms. The molecule has 0 radical (unpaired) electrons. The molecule has 0 aromatic carbocycles. The summed E-state index contributed by atoms with van der Waals surface area (Å²) in [7, 11) is 1.56. The van der Waals surface area contributed by atoms with Crippen LogP contribution in [0.2, 0.25) is 0 Å². The fourth-order valence-electron chi connectivity index (χ4n) is 2.78. The van der Waals surface area contributed by atoms with Crippen LogP contribution in [-0.2, 0) is 20.9 Å². The Morgan fingerprint density at radius 3 is 2.90 bits per heavy atom. The van der Waals surface area contributed by atoms with Crippen molar-refractivity contribution < 1.29 is 19.4 Å². The summed E-state index contributed by atoms with van der Waals surface area (Å²) in [5.41, 5.74) is 0.772. The maximum absolute atomic E-state index is 12.2. The molecule has 1 aromatic heterocycles. The number of aryl methyl sites for hydroxylation is 1. The molecule has 1 fully saturated rings. The Morgan fingerprint density at radius 2 is 2.33 bits per heavy atom. The van der Waals surface area contributed by atoms with Crippen LogP contribution in [0.15, 0.2) is 12.4 Å². The normalized spacial score (nSPS) is 22.6. The van der Waals surface area contributed by atoms with Gasteiger partial charge in [-0.15, -0.1) is 0 Å². The van der Waals surface area contributed by atoms with Crippen LogP contribution in [0.25, 0.3) is 0 Å². The van der Waals surface area contributed by atoms with Gasteiger partial charge >= 0.3 is 5.97 Å². The van der Waals surface area contributed by atoms with Gasteiger partial charge < -0.3 is 14.7 Å². The number of amides is 1. The molecule has 1 aliphatic rings. The molecule has 2 rings (SSSR count). The van der Waals surface area contributed by atoms with Gasteiger partial charge in [0.2, 0.25) is 5.91 Å². The van der Waals surface area contributed by atoms with Crippen LogP contribution < -0.4 is 0 Å². The van der Waals surface area contributed by atoms with Crippen molar-refractivity contribution in [3.8, 4) is 0 Å². The number of piperidine rings is 1. The summed E-state index contributed by atoms with van der Waals surface area (Å²) in [6.07, 6.45) is 4.10. The van der Waals surface area contributed by atoms with Gasteiger partial charge in [-0.3, -0.25) is 14.3 Å². The average Bonchev–Trinajstić information content (AvgIpc) is 2.93. The minimum Gasteiger partial charge on any atom is -0.481 e. The van der Waals surface area contributed by atoms with Crippen molar-refractivity contribution in [2.24, 2.45) is 5.92 Å². The largest absolute Gasteiger partial charge is 0.481 e. The van der Waals surface area contributed by atoms with Crippen molar-refractivity contribution in [1.82, 2.24) is 14.7 Å². The van der Waals surface area contributed by atoms with Crippen molar-refractivity contribution in [2.45, 2.75) is 32.4 Å². The van der Waals surface area contributed by atoms with E-state index in [0.29, 0.717) is 26.1 Å². The molecule has 2 unspecified atom stereocenters. The van der Waals surface area contributed by atoms with Gasteiger partial charge in [-0.25, -0.2) is 0 Å². The van der Waals surface area contributed by atoms with Gasteiger partial charge in [0.1, 0.15) is 0 Å². The molecule has 0 spiro atoms. The van der Waals surface area contributed by atoms with Crippen LogP contribution in [0.3, 0.4) is 0 Å². The molecule has 2 atom stereocenters. The van der Waals surface area contributed by atoms with E-state index in [1.807, 2.05) is 13.1 Å². The highest BCUT2D eigenvalue weighted by atomic mass is 16.5. The van der Waals surface area contributed by atoms with E-state index in [9.17, 15) is 14.7 Å². The Bertz CT molecular complexity index is 514. The van der Waals surface area contributed by atoms with Crippen molar-refractivity contribution in [3.05, 3.63) is 18.0 Å². The zero-order valence-electron chi connectivity index (χ0n) is 12.4. The predicted molar refractivity (Wildman–Crippen MR) is 74.6 cm³/mol. The van der Waals surface area contributed by atoms with Crippen molar-refractivity contribution in [1.29, 1.82) is 0 Å². The summed E-state index contributed by atoms with van der Waals surface area (Å²) in [6, 6.07) is -0.473. The smallest absolute Gasteiger partial charge is 0.308 e. The quantitative estimate of drug-likeness (QED) is 0.843. The highest BCUT2D eigenvalue weighted by Crippen LogP contribution is 2.36. The second-order valence-electron chi connectivity index (χ2n) is 5.14. The number of aliphatic carboxylic acids is 1. The summed E-state index contributed by atoms with van der Waals surface area (Å²) < 4.78 is 6.77. The lowest BCUT2D eigenvalue weighted by molar-refractivity contribution is -0.152. The van der Waals surface area contributed by atoms with Gasteiger partial charge in [0, 0.05) is 38.4 Å². The molecule has 1 aliphatic heterocycles. The molecular formula is C14H21N3O4. The van der Waals surface area contributed by atoms with Crippen LogP contribution in [-0.4, -0.2) is 51.9 Å². The Labute approximate surface area is 123 Å². The molecule has 0 aliphatic carbocycles. The van der Waals surface area contributed by atoms with Gasteiger partial charge in [-0.1, -0.05) is 0 Å². The fourth-order valence-corrected chi connectivity index (χ4v) is 2.78. The second kappa shape index (κ2) is 6.71. The summed E-state index contributed by atoms with van der Waals surface area (Å²) in [5.74, 6) is -1.51. The number of hydrogen-bond acceptors (Lipinski definition) is 4. The van der Waals surface area contributed by atoms with Gasteiger partial charge in [0.25, 0.3) is 0 Å². The lowest BCUT2D eigenvalue weighted by Gasteiger charge is -2.39. The first-order chi connectivity index (χ1) is 10.1. The van der Waals surface area contributed by atoms with E-state index in [4.69, 9.17) is 4.74 Å². The van der Waals surface area contributed by atoms with Crippen LogP contribution in [0.1, 0.15) is 31.4 Å². The molecule has 2 heterocycles. The third kappa shape index (κ3) is 3.24. The van der Waals surface area contributed by atoms with Crippen molar-refractivity contribution in [3.63, 3.8) is 0 Å². The Hall–Kier alpha value is -1.89. The number of rotatable bonds is 6. The molecular weight excluding hydrogens is 274 g/mol. The fraction of sp³-hybridized carbons (Fsp3) is 0.643. The van der Waals surface area contributed by atoms with Crippen molar-refractivity contribution in [2.75, 3.05) is 20.3 Å². The number of methoxy groups -OCH3 is 1. The molecule has 7 heteroatoms. The molecule has 1 N–H and O–H groups in total. The Morgan fingerprint density at radius 1 is 1.57 bits per heavy atom. The number of ether oxygens (including phenoxy) is 1. The van der Waals surface area contributed by atoms with E-state index in [-0.39, 0.29) is 12.3 Å². The van der Waals surface area contributed by atoms with Crippen LogP contribution >= 0.6 is 0 Å². The van der Waals surface area contributed by atoms with Gasteiger partial charge in [0.15, 0.2) is 0 Å². The molecule has 0 bridgehead atoms. The second-order valence-corrected chi connectivity index (χ2v) is 5.14. The molecule has 1 saturated heterocycles. The topological polar surface area (TPSA) is 84.7 Å². The first kappa shape index (κ1) is 15.5. The predicted octanol–water partition coefficient (Wildman–Crippen LogP) is 0.914. The van der Waals surface area contributed by atoms with E-state index < -0.39 is 17.9 Å². The van der Waals surface area contributed by atoms with Gasteiger partial charge in [-0.2, -0.15) is 5.10 Å². The number of carboxylic acids is 1.